The van der Waals surface area contributed by atoms with Gasteiger partial charge < -0.3 is 5.73 Å². The molecule has 0 spiro atoms. The first kappa shape index (κ1) is 15.4. The molecule has 2 aromatic rings. The van der Waals surface area contributed by atoms with Gasteiger partial charge in [-0.15, -0.1) is 0 Å². The fourth-order valence-electron chi connectivity index (χ4n) is 2.05. The van der Waals surface area contributed by atoms with Gasteiger partial charge in [0.25, 0.3) is 0 Å². The minimum Gasteiger partial charge on any atom is -0.324 e. The molecule has 6 heteroatoms. The highest BCUT2D eigenvalue weighted by Crippen LogP contribution is 2.31. The summed E-state index contributed by atoms with van der Waals surface area (Å²) in [5.41, 5.74) is 5.57. The Kier molecular flexibility index (Phi) is 4.27. The minimum atomic E-state index is -4.46. The Hall–Kier alpha value is -1.95. The van der Waals surface area contributed by atoms with Crippen LogP contribution in [-0.2, 0) is 12.6 Å². The van der Waals surface area contributed by atoms with Crippen molar-refractivity contribution < 1.29 is 22.0 Å². The van der Waals surface area contributed by atoms with Crippen molar-refractivity contribution in [2.75, 3.05) is 0 Å². The van der Waals surface area contributed by atoms with Crippen molar-refractivity contribution in [1.29, 1.82) is 0 Å². The van der Waals surface area contributed by atoms with Crippen molar-refractivity contribution in [3.05, 3.63) is 70.8 Å². The van der Waals surface area contributed by atoms with Crippen molar-refractivity contribution in [3.63, 3.8) is 0 Å². The van der Waals surface area contributed by atoms with Crippen LogP contribution in [0.2, 0.25) is 0 Å². The molecule has 0 saturated carbocycles. The molecule has 2 aromatic carbocycles. The fraction of sp³-hybridized carbons (Fsp3) is 0.200. The number of hydrogen-bond acceptors (Lipinski definition) is 1. The van der Waals surface area contributed by atoms with Gasteiger partial charge in [-0.1, -0.05) is 12.1 Å². The maximum atomic E-state index is 13.1. The van der Waals surface area contributed by atoms with E-state index in [0.29, 0.717) is 0 Å². The molecule has 2 N–H and O–H groups in total. The van der Waals surface area contributed by atoms with Crippen molar-refractivity contribution in [2.45, 2.75) is 18.6 Å². The van der Waals surface area contributed by atoms with E-state index in [1.165, 1.54) is 12.1 Å². The molecule has 0 fully saturated rings. The van der Waals surface area contributed by atoms with Gasteiger partial charge in [-0.2, -0.15) is 13.2 Å². The van der Waals surface area contributed by atoms with Crippen molar-refractivity contribution in [2.24, 2.45) is 5.73 Å². The molecule has 21 heavy (non-hydrogen) atoms. The zero-order chi connectivity index (χ0) is 15.6. The lowest BCUT2D eigenvalue weighted by atomic mass is 9.98. The average Bonchev–Trinajstić information content (AvgIpc) is 2.36. The first-order chi connectivity index (χ1) is 9.75. The molecule has 0 aliphatic heterocycles. The van der Waals surface area contributed by atoms with E-state index in [1.807, 2.05) is 0 Å². The van der Waals surface area contributed by atoms with E-state index >= 15 is 0 Å². The summed E-state index contributed by atoms with van der Waals surface area (Å²) in [5.74, 6) is -1.50. The largest absolute Gasteiger partial charge is 0.416 e. The number of alkyl halides is 3. The Morgan fingerprint density at radius 1 is 0.952 bits per heavy atom. The Labute approximate surface area is 118 Å². The molecule has 2 rings (SSSR count). The van der Waals surface area contributed by atoms with Crippen molar-refractivity contribution in [1.82, 2.24) is 0 Å². The van der Waals surface area contributed by atoms with Crippen LogP contribution in [0.25, 0.3) is 0 Å². The SMILES string of the molecule is NC(Cc1cc(F)cc(F)c1)c1cccc(C(F)(F)F)c1. The van der Waals surface area contributed by atoms with Crippen LogP contribution in [0.3, 0.4) is 0 Å². The van der Waals surface area contributed by atoms with Gasteiger partial charge in [0, 0.05) is 12.1 Å². The summed E-state index contributed by atoms with van der Waals surface area (Å²) in [5, 5.41) is 0. The lowest BCUT2D eigenvalue weighted by Gasteiger charge is -2.15. The van der Waals surface area contributed by atoms with Crippen molar-refractivity contribution >= 4 is 0 Å². The van der Waals surface area contributed by atoms with E-state index in [-0.39, 0.29) is 17.5 Å². The third-order valence-electron chi connectivity index (χ3n) is 3.02. The molecule has 0 heterocycles. The molecule has 0 amide bonds. The molecule has 1 nitrogen and oxygen atoms in total. The zero-order valence-corrected chi connectivity index (χ0v) is 10.8. The predicted octanol–water partition coefficient (Wildman–Crippen LogP) is 4.23. The molecule has 0 aliphatic rings. The van der Waals surface area contributed by atoms with Crippen LogP contribution < -0.4 is 5.73 Å². The fourth-order valence-corrected chi connectivity index (χ4v) is 2.05. The summed E-state index contributed by atoms with van der Waals surface area (Å²) in [6, 6.07) is 6.75. The molecule has 112 valence electrons. The summed E-state index contributed by atoms with van der Waals surface area (Å²) in [6.07, 6.45) is -4.42. The second-order valence-electron chi connectivity index (χ2n) is 4.71. The van der Waals surface area contributed by atoms with Gasteiger partial charge in [0.1, 0.15) is 11.6 Å². The lowest BCUT2D eigenvalue weighted by molar-refractivity contribution is -0.137. The second-order valence-corrected chi connectivity index (χ2v) is 4.71. The summed E-state index contributed by atoms with van der Waals surface area (Å²) in [4.78, 5) is 0. The third-order valence-corrected chi connectivity index (χ3v) is 3.02. The van der Waals surface area contributed by atoms with Gasteiger partial charge in [-0.25, -0.2) is 8.78 Å². The van der Waals surface area contributed by atoms with Gasteiger partial charge in [0.2, 0.25) is 0 Å². The van der Waals surface area contributed by atoms with Gasteiger partial charge in [0.15, 0.2) is 0 Å². The first-order valence-corrected chi connectivity index (χ1v) is 6.13. The Morgan fingerprint density at radius 3 is 2.14 bits per heavy atom. The van der Waals surface area contributed by atoms with Gasteiger partial charge in [-0.3, -0.25) is 0 Å². The monoisotopic (exact) mass is 301 g/mol. The Morgan fingerprint density at radius 2 is 1.57 bits per heavy atom. The maximum absolute atomic E-state index is 13.1. The third kappa shape index (κ3) is 4.01. The van der Waals surface area contributed by atoms with E-state index in [9.17, 15) is 22.0 Å². The topological polar surface area (TPSA) is 26.0 Å². The van der Waals surface area contributed by atoms with Crippen LogP contribution in [-0.4, -0.2) is 0 Å². The van der Waals surface area contributed by atoms with Gasteiger partial charge in [0.05, 0.1) is 5.56 Å². The number of hydrogen-bond donors (Lipinski definition) is 1. The van der Waals surface area contributed by atoms with E-state index in [1.54, 1.807) is 0 Å². The number of rotatable bonds is 3. The number of benzene rings is 2. The first-order valence-electron chi connectivity index (χ1n) is 6.13. The summed E-state index contributed by atoms with van der Waals surface area (Å²) in [6.45, 7) is 0. The summed E-state index contributed by atoms with van der Waals surface area (Å²) in [7, 11) is 0. The molecule has 0 bridgehead atoms. The molecular weight excluding hydrogens is 289 g/mol. The van der Waals surface area contributed by atoms with E-state index < -0.39 is 29.4 Å². The molecule has 0 aromatic heterocycles. The second kappa shape index (κ2) is 5.81. The molecule has 1 unspecified atom stereocenters. The van der Waals surface area contributed by atoms with Crippen LogP contribution in [0.1, 0.15) is 22.7 Å². The summed E-state index contributed by atoms with van der Waals surface area (Å²) < 4.78 is 64.0. The van der Waals surface area contributed by atoms with Crippen LogP contribution in [0, 0.1) is 11.6 Å². The quantitative estimate of drug-likeness (QED) is 0.844. The van der Waals surface area contributed by atoms with Crippen LogP contribution in [0.4, 0.5) is 22.0 Å². The normalized spacial score (nSPS) is 13.2. The van der Waals surface area contributed by atoms with E-state index in [4.69, 9.17) is 5.73 Å². The molecule has 0 aliphatic carbocycles. The number of nitrogens with two attached hydrogens (primary N) is 1. The number of halogens is 5. The summed E-state index contributed by atoms with van der Waals surface area (Å²) >= 11 is 0. The van der Waals surface area contributed by atoms with Crippen LogP contribution in [0.15, 0.2) is 42.5 Å². The molecule has 0 radical (unpaired) electrons. The predicted molar refractivity (Wildman–Crippen MR) is 68.4 cm³/mol. The van der Waals surface area contributed by atoms with Crippen molar-refractivity contribution in [3.8, 4) is 0 Å². The highest BCUT2D eigenvalue weighted by atomic mass is 19.4. The highest BCUT2D eigenvalue weighted by molar-refractivity contribution is 5.29. The highest BCUT2D eigenvalue weighted by Gasteiger charge is 2.30. The standard InChI is InChI=1S/C15H12F5N/c16-12-4-9(5-13(17)8-12)6-14(21)10-2-1-3-11(7-10)15(18,19)20/h1-5,7-8,14H,6,21H2. The maximum Gasteiger partial charge on any atom is 0.416 e. The van der Waals surface area contributed by atoms with E-state index in [0.717, 1.165) is 30.3 Å². The Bertz CT molecular complexity index is 616. The smallest absolute Gasteiger partial charge is 0.324 e. The van der Waals surface area contributed by atoms with E-state index in [2.05, 4.69) is 0 Å². The van der Waals surface area contributed by atoms with Gasteiger partial charge >= 0.3 is 6.18 Å². The molecule has 0 saturated heterocycles. The minimum absolute atomic E-state index is 0.0377. The molecule has 1 atom stereocenters. The molecular formula is C15H12F5N. The van der Waals surface area contributed by atoms with Crippen LogP contribution >= 0.6 is 0 Å². The van der Waals surface area contributed by atoms with Crippen LogP contribution in [0.5, 0.6) is 0 Å². The van der Waals surface area contributed by atoms with Gasteiger partial charge in [-0.05, 0) is 41.8 Å². The lowest BCUT2D eigenvalue weighted by Crippen LogP contribution is -2.15. The average molecular weight is 301 g/mol. The Balaban J connectivity index is 2.22. The zero-order valence-electron chi connectivity index (χ0n) is 10.8.